The number of aliphatic carboxylic acids is 1. The molecule has 7 nitrogen and oxygen atoms in total. The molecule has 0 aromatic heterocycles. The van der Waals surface area contributed by atoms with Gasteiger partial charge in [-0.1, -0.05) is 12.1 Å². The van der Waals surface area contributed by atoms with Crippen LogP contribution in [0.25, 0.3) is 0 Å². The van der Waals surface area contributed by atoms with Crippen LogP contribution >= 0.6 is 0 Å². The Hall–Kier alpha value is -2.28. The van der Waals surface area contributed by atoms with Gasteiger partial charge in [0.15, 0.2) is 0 Å². The summed E-state index contributed by atoms with van der Waals surface area (Å²) in [6.45, 7) is 5.30. The van der Waals surface area contributed by atoms with Gasteiger partial charge >= 0.3 is 12.0 Å². The number of likely N-dealkylation sites (tertiary alicyclic amines) is 1. The van der Waals surface area contributed by atoms with Crippen LogP contribution in [0.3, 0.4) is 0 Å². The largest absolute Gasteiger partial charge is 0.494 e. The van der Waals surface area contributed by atoms with E-state index in [1.807, 2.05) is 19.1 Å². The van der Waals surface area contributed by atoms with E-state index in [4.69, 9.17) is 9.47 Å². The van der Waals surface area contributed by atoms with E-state index in [1.165, 1.54) is 5.56 Å². The molecule has 1 aromatic carbocycles. The van der Waals surface area contributed by atoms with E-state index in [9.17, 15) is 14.7 Å². The van der Waals surface area contributed by atoms with Gasteiger partial charge in [-0.3, -0.25) is 4.79 Å². The predicted molar refractivity (Wildman–Crippen MR) is 105 cm³/mol. The van der Waals surface area contributed by atoms with E-state index in [0.29, 0.717) is 39.3 Å². The molecule has 0 radical (unpaired) electrons. The van der Waals surface area contributed by atoms with Crippen molar-refractivity contribution >= 4 is 12.0 Å². The smallest absolute Gasteiger partial charge is 0.317 e. The molecule has 2 fully saturated rings. The highest BCUT2D eigenvalue weighted by molar-refractivity contribution is 5.76. The van der Waals surface area contributed by atoms with Gasteiger partial charge in [-0.05, 0) is 50.3 Å². The van der Waals surface area contributed by atoms with Crippen LogP contribution in [-0.2, 0) is 14.9 Å². The molecule has 28 heavy (non-hydrogen) atoms. The van der Waals surface area contributed by atoms with Crippen LogP contribution in [0.5, 0.6) is 5.75 Å². The highest BCUT2D eigenvalue weighted by Gasteiger charge is 2.36. The number of nitrogens with zero attached hydrogens (tertiary/aromatic N) is 1. The number of rotatable bonds is 6. The second kappa shape index (κ2) is 9.28. The Kier molecular flexibility index (Phi) is 6.78. The first-order valence-corrected chi connectivity index (χ1v) is 10.1. The number of urea groups is 1. The van der Waals surface area contributed by atoms with Crippen molar-refractivity contribution in [2.24, 2.45) is 5.92 Å². The maximum atomic E-state index is 12.7. The SMILES string of the molecule is CCOc1ccc(C2(CNC(=O)N3CCCC(C(=O)O)C3)CCOCC2)cc1. The molecule has 2 aliphatic heterocycles. The summed E-state index contributed by atoms with van der Waals surface area (Å²) in [5.41, 5.74) is 0.988. The molecule has 0 saturated carbocycles. The maximum absolute atomic E-state index is 12.7. The molecular formula is C21H30N2O5. The lowest BCUT2D eigenvalue weighted by Gasteiger charge is -2.39. The summed E-state index contributed by atoms with van der Waals surface area (Å²) in [5, 5.41) is 12.3. The van der Waals surface area contributed by atoms with E-state index in [0.717, 1.165) is 25.0 Å². The first-order valence-electron chi connectivity index (χ1n) is 10.1. The molecule has 3 rings (SSSR count). The molecule has 1 unspecified atom stereocenters. The van der Waals surface area contributed by atoms with Crippen LogP contribution in [0.15, 0.2) is 24.3 Å². The molecule has 2 saturated heterocycles. The van der Waals surface area contributed by atoms with Gasteiger partial charge in [-0.2, -0.15) is 0 Å². The summed E-state index contributed by atoms with van der Waals surface area (Å²) in [5.74, 6) is -0.457. The van der Waals surface area contributed by atoms with Gasteiger partial charge in [0, 0.05) is 38.3 Å². The van der Waals surface area contributed by atoms with Crippen molar-refractivity contribution < 1.29 is 24.2 Å². The normalized spacial score (nSPS) is 21.8. The lowest BCUT2D eigenvalue weighted by atomic mass is 9.74. The summed E-state index contributed by atoms with van der Waals surface area (Å²) in [6.07, 6.45) is 3.02. The highest BCUT2D eigenvalue weighted by Crippen LogP contribution is 2.35. The van der Waals surface area contributed by atoms with E-state index in [2.05, 4.69) is 17.4 Å². The second-order valence-corrected chi connectivity index (χ2v) is 7.63. The van der Waals surface area contributed by atoms with Gasteiger partial charge in [0.05, 0.1) is 12.5 Å². The number of nitrogens with one attached hydrogen (secondary N) is 1. The third kappa shape index (κ3) is 4.76. The molecule has 2 heterocycles. The summed E-state index contributed by atoms with van der Waals surface area (Å²) < 4.78 is 11.1. The number of hydrogen-bond acceptors (Lipinski definition) is 4. The fourth-order valence-corrected chi connectivity index (χ4v) is 4.12. The Balaban J connectivity index is 1.67. The number of piperidine rings is 1. The van der Waals surface area contributed by atoms with Crippen LogP contribution in [-0.4, -0.2) is 61.5 Å². The van der Waals surface area contributed by atoms with Crippen LogP contribution in [0.4, 0.5) is 4.79 Å². The number of amides is 2. The summed E-state index contributed by atoms with van der Waals surface area (Å²) >= 11 is 0. The van der Waals surface area contributed by atoms with Crippen molar-refractivity contribution in [2.75, 3.05) is 39.5 Å². The maximum Gasteiger partial charge on any atom is 0.317 e. The molecular weight excluding hydrogens is 360 g/mol. The minimum atomic E-state index is -0.826. The van der Waals surface area contributed by atoms with Crippen molar-refractivity contribution in [2.45, 2.75) is 38.0 Å². The van der Waals surface area contributed by atoms with Gasteiger partial charge in [-0.15, -0.1) is 0 Å². The van der Waals surface area contributed by atoms with Crippen LogP contribution in [0.1, 0.15) is 38.2 Å². The average molecular weight is 390 g/mol. The minimum Gasteiger partial charge on any atom is -0.494 e. The summed E-state index contributed by atoms with van der Waals surface area (Å²) in [4.78, 5) is 25.6. The van der Waals surface area contributed by atoms with E-state index < -0.39 is 11.9 Å². The van der Waals surface area contributed by atoms with E-state index >= 15 is 0 Å². The minimum absolute atomic E-state index is 0.178. The molecule has 7 heteroatoms. The molecule has 154 valence electrons. The predicted octanol–water partition coefficient (Wildman–Crippen LogP) is 2.64. The Morgan fingerprint density at radius 1 is 1.29 bits per heavy atom. The van der Waals surface area contributed by atoms with Gasteiger partial charge in [0.25, 0.3) is 0 Å². The topological polar surface area (TPSA) is 88.1 Å². The molecule has 1 aromatic rings. The fourth-order valence-electron chi connectivity index (χ4n) is 4.12. The molecule has 2 N–H and O–H groups in total. The first kappa shape index (κ1) is 20.5. The Morgan fingerprint density at radius 2 is 2.00 bits per heavy atom. The third-order valence-electron chi connectivity index (χ3n) is 5.86. The molecule has 2 aliphatic rings. The molecule has 0 aliphatic carbocycles. The van der Waals surface area contributed by atoms with Gasteiger partial charge in [-0.25, -0.2) is 4.79 Å². The number of carboxylic acids is 1. The van der Waals surface area contributed by atoms with Crippen molar-refractivity contribution in [1.82, 2.24) is 10.2 Å². The molecule has 0 spiro atoms. The zero-order chi connectivity index (χ0) is 20.0. The third-order valence-corrected chi connectivity index (χ3v) is 5.86. The number of benzene rings is 1. The molecule has 1 atom stereocenters. The van der Waals surface area contributed by atoms with Crippen molar-refractivity contribution in [3.05, 3.63) is 29.8 Å². The van der Waals surface area contributed by atoms with Crippen molar-refractivity contribution in [3.63, 3.8) is 0 Å². The molecule has 0 bridgehead atoms. The highest BCUT2D eigenvalue weighted by atomic mass is 16.5. The average Bonchev–Trinajstić information content (AvgIpc) is 2.73. The monoisotopic (exact) mass is 390 g/mol. The number of carbonyl (C=O) groups excluding carboxylic acids is 1. The fraction of sp³-hybridized carbons (Fsp3) is 0.619. The first-order chi connectivity index (χ1) is 13.5. The van der Waals surface area contributed by atoms with E-state index in [1.54, 1.807) is 4.90 Å². The summed E-state index contributed by atoms with van der Waals surface area (Å²) in [7, 11) is 0. The van der Waals surface area contributed by atoms with Crippen molar-refractivity contribution in [1.29, 1.82) is 0 Å². The lowest BCUT2D eigenvalue weighted by molar-refractivity contribution is -0.143. The molecule has 2 amide bonds. The van der Waals surface area contributed by atoms with Crippen LogP contribution < -0.4 is 10.1 Å². The number of carboxylic acid groups (broad SMARTS) is 1. The zero-order valence-electron chi connectivity index (χ0n) is 16.5. The van der Waals surface area contributed by atoms with Gasteiger partial charge < -0.3 is 24.8 Å². The quantitative estimate of drug-likeness (QED) is 0.780. The van der Waals surface area contributed by atoms with Gasteiger partial charge in [0.2, 0.25) is 0 Å². The Labute approximate surface area is 166 Å². The number of hydrogen-bond donors (Lipinski definition) is 2. The van der Waals surface area contributed by atoms with Crippen LogP contribution in [0.2, 0.25) is 0 Å². The van der Waals surface area contributed by atoms with Gasteiger partial charge in [0.1, 0.15) is 5.75 Å². The van der Waals surface area contributed by atoms with Crippen LogP contribution in [0, 0.1) is 5.92 Å². The number of carbonyl (C=O) groups is 2. The number of ether oxygens (including phenoxy) is 2. The zero-order valence-corrected chi connectivity index (χ0v) is 16.5. The summed E-state index contributed by atoms with van der Waals surface area (Å²) in [6, 6.07) is 7.91. The second-order valence-electron chi connectivity index (χ2n) is 7.63. The van der Waals surface area contributed by atoms with Crippen molar-refractivity contribution in [3.8, 4) is 5.75 Å². The Morgan fingerprint density at radius 3 is 2.64 bits per heavy atom. The van der Waals surface area contributed by atoms with E-state index in [-0.39, 0.29) is 18.0 Å². The lowest BCUT2D eigenvalue weighted by Crippen LogP contribution is -2.51. The standard InChI is InChI=1S/C21H30N2O5/c1-2-28-18-7-5-17(6-8-18)21(9-12-27-13-10-21)15-22-20(26)23-11-3-4-16(14-23)19(24)25/h5-8,16H,2-4,9-15H2,1H3,(H,22,26)(H,24,25). The Bertz CT molecular complexity index is 670.